The molecule has 2 amide bonds. The van der Waals surface area contributed by atoms with Gasteiger partial charge in [-0.15, -0.1) is 0 Å². The zero-order valence-electron chi connectivity index (χ0n) is 23.5. The fraction of sp³-hybridized carbons (Fsp3) is 0.480. The molecule has 0 unspecified atom stereocenters. The fourth-order valence-electron chi connectivity index (χ4n) is 3.68. The van der Waals surface area contributed by atoms with Crippen molar-refractivity contribution in [2.75, 3.05) is 64.2 Å². The van der Waals surface area contributed by atoms with E-state index in [1.807, 2.05) is 0 Å². The number of nitrogen functional groups attached to an aromatic ring is 1. The number of azide groups is 1. The maximum absolute atomic E-state index is 13.4. The summed E-state index contributed by atoms with van der Waals surface area (Å²) in [6.07, 6.45) is 0. The number of carbonyl (C=O) groups excluding carboxylic acids is 2. The molecule has 0 saturated carbocycles. The zero-order valence-corrected chi connectivity index (χ0v) is 24.3. The van der Waals surface area contributed by atoms with Crippen LogP contribution in [0.4, 0.5) is 10.3 Å². The van der Waals surface area contributed by atoms with Gasteiger partial charge in [-0.2, -0.15) is 4.98 Å². The van der Waals surface area contributed by atoms with Gasteiger partial charge in [-0.25, -0.2) is 9.37 Å². The third-order valence-electron chi connectivity index (χ3n) is 5.60. The molecule has 2 aromatic heterocycles. The Morgan fingerprint density at radius 3 is 2.49 bits per heavy atom. The molecule has 232 valence electrons. The number of aromatic amines is 1. The van der Waals surface area contributed by atoms with Crippen molar-refractivity contribution in [3.05, 3.63) is 56.4 Å². The quantitative estimate of drug-likeness (QED) is 0.0488. The van der Waals surface area contributed by atoms with E-state index in [9.17, 15) is 18.8 Å². The van der Waals surface area contributed by atoms with E-state index in [0.717, 1.165) is 17.3 Å². The number of nitrogens with one attached hydrogen (secondary N) is 3. The molecule has 1 aromatic carbocycles. The molecule has 0 aliphatic heterocycles. The molecule has 3 rings (SSSR count). The third-order valence-corrected chi connectivity index (χ3v) is 6.67. The van der Waals surface area contributed by atoms with Crippen LogP contribution in [-0.4, -0.2) is 95.9 Å². The highest BCUT2D eigenvalue weighted by atomic mass is 32.2. The number of benzene rings is 1. The fourth-order valence-corrected chi connectivity index (χ4v) is 4.69. The van der Waals surface area contributed by atoms with E-state index in [4.69, 9.17) is 25.5 Å². The number of halogens is 1. The van der Waals surface area contributed by atoms with Crippen molar-refractivity contribution in [3.8, 4) is 0 Å². The highest BCUT2D eigenvalue weighted by Crippen LogP contribution is 2.24. The standard InChI is InChI=1S/C25H33FN10O6S/c1-16(37)31-19(22(38)29-6-8-40-10-12-42-13-11-41-9-7-30-35-28)15-43-25-32-20-21(33-24(27)34-23(20)39)36(25)14-17-2-4-18(26)5-3-17/h2-5,19H,6-15H2,1H3,(H,29,38)(H,31,37)(H3,27,33,34,39)/t19-/m0/s1. The summed E-state index contributed by atoms with van der Waals surface area (Å²) < 4.78 is 31.1. The summed E-state index contributed by atoms with van der Waals surface area (Å²) in [6, 6.07) is 4.91. The van der Waals surface area contributed by atoms with Gasteiger partial charge in [0.05, 0.1) is 46.2 Å². The highest BCUT2D eigenvalue weighted by molar-refractivity contribution is 7.99. The number of ether oxygens (including phenoxy) is 3. The normalized spacial score (nSPS) is 11.7. The summed E-state index contributed by atoms with van der Waals surface area (Å²) in [4.78, 5) is 50.9. The van der Waals surface area contributed by atoms with E-state index in [1.165, 1.54) is 19.1 Å². The molecule has 2 heterocycles. The van der Waals surface area contributed by atoms with E-state index in [1.54, 1.807) is 16.7 Å². The molecule has 16 nitrogen and oxygen atoms in total. The lowest BCUT2D eigenvalue weighted by atomic mass is 10.2. The Bertz CT molecular complexity index is 1460. The number of rotatable bonds is 19. The van der Waals surface area contributed by atoms with Gasteiger partial charge < -0.3 is 30.6 Å². The van der Waals surface area contributed by atoms with Gasteiger partial charge in [-0.3, -0.25) is 23.9 Å². The predicted molar refractivity (Wildman–Crippen MR) is 156 cm³/mol. The summed E-state index contributed by atoms with van der Waals surface area (Å²) in [6.45, 7) is 3.88. The Balaban J connectivity index is 1.52. The summed E-state index contributed by atoms with van der Waals surface area (Å²) in [5, 5.41) is 9.07. The van der Waals surface area contributed by atoms with Crippen molar-refractivity contribution < 1.29 is 28.2 Å². The smallest absolute Gasteiger partial charge is 0.280 e. The van der Waals surface area contributed by atoms with Gasteiger partial charge >= 0.3 is 0 Å². The Kier molecular flexibility index (Phi) is 13.7. The summed E-state index contributed by atoms with van der Waals surface area (Å²) in [5.41, 5.74) is 14.4. The van der Waals surface area contributed by atoms with Crippen molar-refractivity contribution in [3.63, 3.8) is 0 Å². The molecule has 0 aliphatic rings. The van der Waals surface area contributed by atoms with Crippen LogP contribution in [0.3, 0.4) is 0 Å². The minimum absolute atomic E-state index is 0.0540. The SMILES string of the molecule is CC(=O)N[C@@H](CSc1nc2c(=O)[nH]c(N)nc2n1Cc1ccc(F)cc1)C(=O)NCCOCCOCCOCCN=[N+]=[N-]. The van der Waals surface area contributed by atoms with Gasteiger partial charge in [-0.05, 0) is 23.2 Å². The molecule has 0 fully saturated rings. The molecule has 1 atom stereocenters. The molecule has 18 heteroatoms. The second kappa shape index (κ2) is 17.7. The Morgan fingerprint density at radius 2 is 1.81 bits per heavy atom. The van der Waals surface area contributed by atoms with E-state index in [2.05, 4.69) is 35.6 Å². The first-order valence-corrected chi connectivity index (χ1v) is 14.2. The number of thioether (sulfide) groups is 1. The summed E-state index contributed by atoms with van der Waals surface area (Å²) in [5.74, 6) is -1.22. The number of amides is 2. The molecule has 0 aliphatic carbocycles. The van der Waals surface area contributed by atoms with E-state index in [0.29, 0.717) is 38.2 Å². The molecular weight excluding hydrogens is 587 g/mol. The summed E-state index contributed by atoms with van der Waals surface area (Å²) >= 11 is 1.14. The zero-order chi connectivity index (χ0) is 31.0. The van der Waals surface area contributed by atoms with Crippen molar-refractivity contribution >= 4 is 40.7 Å². The largest absolute Gasteiger partial charge is 0.379 e. The van der Waals surface area contributed by atoms with Crippen LogP contribution in [0.15, 0.2) is 39.3 Å². The van der Waals surface area contributed by atoms with Gasteiger partial charge in [0.2, 0.25) is 17.8 Å². The monoisotopic (exact) mass is 620 g/mol. The number of carbonyl (C=O) groups is 2. The number of H-pyrrole nitrogens is 1. The number of imidazole rings is 1. The number of nitrogens with two attached hydrogens (primary N) is 1. The second-order valence-electron chi connectivity index (χ2n) is 8.88. The first kappa shape index (κ1) is 33.3. The number of anilines is 1. The van der Waals surface area contributed by atoms with Crippen LogP contribution >= 0.6 is 11.8 Å². The van der Waals surface area contributed by atoms with E-state index < -0.39 is 29.2 Å². The molecule has 43 heavy (non-hydrogen) atoms. The summed E-state index contributed by atoms with van der Waals surface area (Å²) in [7, 11) is 0. The molecule has 0 radical (unpaired) electrons. The molecule has 0 saturated heterocycles. The lowest BCUT2D eigenvalue weighted by molar-refractivity contribution is -0.127. The van der Waals surface area contributed by atoms with Crippen LogP contribution < -0.4 is 21.9 Å². The first-order chi connectivity index (χ1) is 20.8. The molecule has 0 bridgehead atoms. The average Bonchev–Trinajstić information content (AvgIpc) is 3.31. The maximum atomic E-state index is 13.4. The lowest BCUT2D eigenvalue weighted by Gasteiger charge is -2.17. The van der Waals surface area contributed by atoms with Crippen LogP contribution in [-0.2, 0) is 30.3 Å². The highest BCUT2D eigenvalue weighted by Gasteiger charge is 2.23. The Morgan fingerprint density at radius 1 is 1.14 bits per heavy atom. The Labute approximate surface area is 249 Å². The van der Waals surface area contributed by atoms with Crippen LogP contribution in [0.5, 0.6) is 0 Å². The van der Waals surface area contributed by atoms with Crippen molar-refractivity contribution in [1.29, 1.82) is 0 Å². The van der Waals surface area contributed by atoms with Crippen LogP contribution in [0.2, 0.25) is 0 Å². The van der Waals surface area contributed by atoms with E-state index >= 15 is 0 Å². The van der Waals surface area contributed by atoms with Crippen LogP contribution in [0.1, 0.15) is 12.5 Å². The van der Waals surface area contributed by atoms with Crippen LogP contribution in [0.25, 0.3) is 21.6 Å². The van der Waals surface area contributed by atoms with Crippen molar-refractivity contribution in [1.82, 2.24) is 30.2 Å². The lowest BCUT2D eigenvalue weighted by Crippen LogP contribution is -2.48. The number of fused-ring (bicyclic) bond motifs is 1. The van der Waals surface area contributed by atoms with Crippen molar-refractivity contribution in [2.45, 2.75) is 24.7 Å². The topological polar surface area (TPSA) is 224 Å². The predicted octanol–water partition coefficient (Wildman–Crippen LogP) is 0.962. The van der Waals surface area contributed by atoms with Crippen LogP contribution in [0, 0.1) is 5.82 Å². The minimum atomic E-state index is -0.917. The number of hydrogen-bond acceptors (Lipinski definition) is 11. The van der Waals surface area contributed by atoms with Gasteiger partial charge in [0.25, 0.3) is 5.56 Å². The average molecular weight is 621 g/mol. The molecule has 0 spiro atoms. The van der Waals surface area contributed by atoms with Gasteiger partial charge in [0, 0.05) is 30.7 Å². The number of aromatic nitrogens is 4. The Hall–Kier alpha value is -4.22. The second-order valence-corrected chi connectivity index (χ2v) is 9.86. The van der Waals surface area contributed by atoms with E-state index in [-0.39, 0.29) is 49.1 Å². The van der Waals surface area contributed by atoms with Gasteiger partial charge in [0.1, 0.15) is 11.9 Å². The first-order valence-electron chi connectivity index (χ1n) is 13.2. The molecule has 3 aromatic rings. The van der Waals surface area contributed by atoms with Crippen molar-refractivity contribution in [2.24, 2.45) is 5.11 Å². The van der Waals surface area contributed by atoms with Gasteiger partial charge in [0.15, 0.2) is 16.3 Å². The third kappa shape index (κ3) is 11.2. The number of hydrogen-bond donors (Lipinski definition) is 4. The molecular formula is C25H33FN10O6S. The maximum Gasteiger partial charge on any atom is 0.280 e. The number of nitrogens with zero attached hydrogens (tertiary/aromatic N) is 6. The minimum Gasteiger partial charge on any atom is -0.379 e. The van der Waals surface area contributed by atoms with Gasteiger partial charge in [-0.1, -0.05) is 29.0 Å². The molecule has 5 N–H and O–H groups in total.